The molecule has 0 aliphatic heterocycles. The number of hydrogen-bond acceptors (Lipinski definition) is 7. The summed E-state index contributed by atoms with van der Waals surface area (Å²) in [5.74, 6) is -0.0383. The third-order valence-corrected chi connectivity index (χ3v) is 8.67. The van der Waals surface area contributed by atoms with Crippen molar-refractivity contribution < 1.29 is 14.3 Å². The zero-order valence-electron chi connectivity index (χ0n) is 26.4. The van der Waals surface area contributed by atoms with Crippen molar-refractivity contribution >= 4 is 40.8 Å². The molecule has 4 aromatic rings. The molecule has 6 N–H and O–H groups in total. The van der Waals surface area contributed by atoms with E-state index < -0.39 is 11.9 Å². The first-order valence-corrected chi connectivity index (χ1v) is 15.6. The lowest BCUT2D eigenvalue weighted by molar-refractivity contribution is -0.127. The standard InChI is InChI=1S/C34H43N7O4.ClH/c1-40(2)15-4-16-45-31-14-11-26(21-37-31)25-6-3-5-23(17-25)18-30(32(36)42)41(34(44)24-9-7-22(20-35)8-10-24)27-12-13-28-29(19-27)38-39-33(28)43;/h3,5-6,11-14,17,19,21-22,24,30H,4,7-10,15-16,18,20,35H2,1-2H3,(H2,36,42)(H2,38,39,43);1H/t22?,24?,30-;/m0./s1. The summed E-state index contributed by atoms with van der Waals surface area (Å²) in [7, 11) is 4.06. The highest BCUT2D eigenvalue weighted by Crippen LogP contribution is 2.33. The first-order valence-electron chi connectivity index (χ1n) is 15.6. The van der Waals surface area contributed by atoms with Crippen molar-refractivity contribution in [1.29, 1.82) is 0 Å². The molecule has 1 aliphatic rings. The maximum absolute atomic E-state index is 14.2. The van der Waals surface area contributed by atoms with E-state index in [1.807, 2.05) is 50.5 Å². The minimum atomic E-state index is -0.945. The lowest BCUT2D eigenvalue weighted by Gasteiger charge is -2.35. The monoisotopic (exact) mass is 649 g/mol. The Labute approximate surface area is 275 Å². The minimum absolute atomic E-state index is 0. The van der Waals surface area contributed by atoms with Crippen LogP contribution in [0.3, 0.4) is 0 Å². The van der Waals surface area contributed by atoms with Crippen molar-refractivity contribution in [1.82, 2.24) is 20.1 Å². The van der Waals surface area contributed by atoms with Gasteiger partial charge in [-0.05, 0) is 94.1 Å². The Kier molecular flexibility index (Phi) is 12.0. The molecule has 12 heteroatoms. The second kappa shape index (κ2) is 15.9. The van der Waals surface area contributed by atoms with Gasteiger partial charge in [-0.3, -0.25) is 29.5 Å². The van der Waals surface area contributed by atoms with Gasteiger partial charge in [-0.2, -0.15) is 0 Å². The number of amides is 2. The first kappa shape index (κ1) is 34.7. The molecule has 1 aliphatic carbocycles. The van der Waals surface area contributed by atoms with E-state index in [4.69, 9.17) is 16.2 Å². The number of H-pyrrole nitrogens is 2. The fourth-order valence-corrected chi connectivity index (χ4v) is 6.09. The second-order valence-corrected chi connectivity index (χ2v) is 12.2. The maximum Gasteiger partial charge on any atom is 0.271 e. The molecular formula is C34H44ClN7O4. The molecule has 46 heavy (non-hydrogen) atoms. The van der Waals surface area contributed by atoms with Crippen LogP contribution in [-0.4, -0.2) is 71.7 Å². The van der Waals surface area contributed by atoms with Crippen LogP contribution in [0.15, 0.2) is 65.6 Å². The van der Waals surface area contributed by atoms with Crippen LogP contribution in [0, 0.1) is 11.8 Å². The molecule has 2 amide bonds. The second-order valence-electron chi connectivity index (χ2n) is 12.2. The van der Waals surface area contributed by atoms with Crippen LogP contribution in [0.4, 0.5) is 5.69 Å². The molecule has 1 atom stereocenters. The number of anilines is 1. The number of halogens is 1. The van der Waals surface area contributed by atoms with Crippen LogP contribution >= 0.6 is 12.4 Å². The number of carbonyl (C=O) groups excluding carboxylic acids is 2. The maximum atomic E-state index is 14.2. The molecule has 0 radical (unpaired) electrons. The average molecular weight is 650 g/mol. The Balaban J connectivity index is 0.00000480. The highest BCUT2D eigenvalue weighted by molar-refractivity contribution is 6.03. The van der Waals surface area contributed by atoms with Crippen LogP contribution in [0.2, 0.25) is 0 Å². The van der Waals surface area contributed by atoms with Gasteiger partial charge >= 0.3 is 0 Å². The van der Waals surface area contributed by atoms with Crippen LogP contribution in [0.1, 0.15) is 37.7 Å². The van der Waals surface area contributed by atoms with Gasteiger partial charge < -0.3 is 21.1 Å². The highest BCUT2D eigenvalue weighted by atomic mass is 35.5. The predicted octanol–water partition coefficient (Wildman–Crippen LogP) is 3.87. The van der Waals surface area contributed by atoms with Gasteiger partial charge in [0.2, 0.25) is 17.7 Å². The minimum Gasteiger partial charge on any atom is -0.478 e. The molecule has 2 aromatic heterocycles. The van der Waals surface area contributed by atoms with E-state index in [2.05, 4.69) is 20.1 Å². The normalized spacial score (nSPS) is 17.0. The van der Waals surface area contributed by atoms with Gasteiger partial charge in [0.15, 0.2) is 0 Å². The third kappa shape index (κ3) is 8.34. The molecule has 246 valence electrons. The molecule has 2 heterocycles. The zero-order chi connectivity index (χ0) is 31.9. The first-order chi connectivity index (χ1) is 21.7. The Morgan fingerprint density at radius 3 is 2.48 bits per heavy atom. The third-order valence-electron chi connectivity index (χ3n) is 8.67. The van der Waals surface area contributed by atoms with Gasteiger partial charge in [0.1, 0.15) is 6.04 Å². The van der Waals surface area contributed by atoms with Crippen LogP contribution in [-0.2, 0) is 16.0 Å². The Morgan fingerprint density at radius 1 is 1.02 bits per heavy atom. The number of ether oxygens (including phenoxy) is 1. The summed E-state index contributed by atoms with van der Waals surface area (Å²) in [6.45, 7) is 2.13. The summed E-state index contributed by atoms with van der Waals surface area (Å²) in [6.07, 6.45) is 6.02. The Morgan fingerprint density at radius 2 is 1.80 bits per heavy atom. The molecule has 0 bridgehead atoms. The largest absolute Gasteiger partial charge is 0.478 e. The number of carbonyl (C=O) groups is 2. The van der Waals surface area contributed by atoms with Crippen LogP contribution in [0.5, 0.6) is 5.88 Å². The van der Waals surface area contributed by atoms with Gasteiger partial charge in [0.25, 0.3) is 5.56 Å². The smallest absolute Gasteiger partial charge is 0.271 e. The summed E-state index contributed by atoms with van der Waals surface area (Å²) < 4.78 is 5.78. The van der Waals surface area contributed by atoms with Crippen molar-refractivity contribution in [3.63, 3.8) is 0 Å². The number of hydrogen-bond donors (Lipinski definition) is 4. The van der Waals surface area contributed by atoms with Gasteiger partial charge in [0, 0.05) is 42.4 Å². The number of rotatable bonds is 13. The summed E-state index contributed by atoms with van der Waals surface area (Å²) >= 11 is 0. The Hall–Kier alpha value is -4.19. The van der Waals surface area contributed by atoms with E-state index in [9.17, 15) is 14.4 Å². The molecule has 0 spiro atoms. The van der Waals surface area contributed by atoms with Gasteiger partial charge in [-0.15, -0.1) is 12.4 Å². The number of benzene rings is 2. The SMILES string of the molecule is CN(C)CCCOc1ccc(-c2cccc(C[C@@H](C(N)=O)N(C(=O)C3CCC(CN)CC3)c3ccc4c(=O)[nH][nH]c4c3)c2)cn1.Cl. The van der Waals surface area contributed by atoms with Gasteiger partial charge in [0.05, 0.1) is 17.5 Å². The number of fused-ring (bicyclic) bond motifs is 1. The van der Waals surface area contributed by atoms with Gasteiger partial charge in [-0.1, -0.05) is 24.3 Å². The van der Waals surface area contributed by atoms with E-state index in [0.29, 0.717) is 54.4 Å². The van der Waals surface area contributed by atoms with Crippen molar-refractivity contribution in [2.45, 2.75) is 44.6 Å². The molecule has 11 nitrogen and oxygen atoms in total. The van der Waals surface area contributed by atoms with E-state index in [1.54, 1.807) is 24.4 Å². The number of primary amides is 1. The molecule has 1 saturated carbocycles. The number of pyridine rings is 1. The average Bonchev–Trinajstić information content (AvgIpc) is 3.42. The van der Waals surface area contributed by atoms with Gasteiger partial charge in [-0.25, -0.2) is 4.98 Å². The summed E-state index contributed by atoms with van der Waals surface area (Å²) in [4.78, 5) is 47.6. The number of nitrogens with two attached hydrogens (primary N) is 2. The van der Waals surface area contributed by atoms with Crippen LogP contribution in [0.25, 0.3) is 22.0 Å². The number of nitrogens with one attached hydrogen (secondary N) is 2. The zero-order valence-corrected chi connectivity index (χ0v) is 27.2. The molecule has 0 saturated heterocycles. The summed E-state index contributed by atoms with van der Waals surface area (Å²) in [5.41, 5.74) is 15.4. The lowest BCUT2D eigenvalue weighted by atomic mass is 9.81. The fraction of sp³-hybridized carbons (Fsp3) is 0.412. The molecule has 5 rings (SSSR count). The predicted molar refractivity (Wildman–Crippen MR) is 183 cm³/mol. The molecule has 1 fully saturated rings. The van der Waals surface area contributed by atoms with E-state index in [0.717, 1.165) is 42.5 Å². The van der Waals surface area contributed by atoms with Crippen LogP contribution < -0.4 is 26.7 Å². The molecule has 2 aromatic carbocycles. The summed E-state index contributed by atoms with van der Waals surface area (Å²) in [5, 5.41) is 5.91. The topological polar surface area (TPSA) is 163 Å². The fourth-order valence-electron chi connectivity index (χ4n) is 6.09. The van der Waals surface area contributed by atoms with Crippen molar-refractivity contribution in [2.24, 2.45) is 23.3 Å². The Bertz CT molecular complexity index is 1660. The van der Waals surface area contributed by atoms with E-state index >= 15 is 0 Å². The highest BCUT2D eigenvalue weighted by Gasteiger charge is 2.36. The van der Waals surface area contributed by atoms with E-state index in [1.165, 1.54) is 4.90 Å². The van der Waals surface area contributed by atoms with Crippen molar-refractivity contribution in [3.05, 3.63) is 76.7 Å². The lowest BCUT2D eigenvalue weighted by Crippen LogP contribution is -2.52. The quantitative estimate of drug-likeness (QED) is 0.160. The number of nitrogens with zero attached hydrogens (tertiary/aromatic N) is 3. The molecule has 0 unspecified atom stereocenters. The van der Waals surface area contributed by atoms with E-state index in [-0.39, 0.29) is 36.2 Å². The molecular weight excluding hydrogens is 606 g/mol. The number of aromatic amines is 2. The van der Waals surface area contributed by atoms with Crippen molar-refractivity contribution in [3.8, 4) is 17.0 Å². The summed E-state index contributed by atoms with van der Waals surface area (Å²) in [6, 6.07) is 15.8. The van der Waals surface area contributed by atoms with Crippen molar-refractivity contribution in [2.75, 3.05) is 38.7 Å². The number of aromatic nitrogens is 3.